The van der Waals surface area contributed by atoms with Gasteiger partial charge in [0.25, 0.3) is 0 Å². The fraction of sp³-hybridized carbons (Fsp3) is 0.389. The van der Waals surface area contributed by atoms with Crippen molar-refractivity contribution in [2.45, 2.75) is 31.7 Å². The van der Waals surface area contributed by atoms with Crippen LogP contribution in [0, 0.1) is 0 Å². The highest BCUT2D eigenvalue weighted by Crippen LogP contribution is 2.33. The van der Waals surface area contributed by atoms with E-state index in [9.17, 15) is 0 Å². The van der Waals surface area contributed by atoms with Crippen LogP contribution in [0.3, 0.4) is 0 Å². The zero-order chi connectivity index (χ0) is 14.1. The summed E-state index contributed by atoms with van der Waals surface area (Å²) in [6.07, 6.45) is 6.85. The van der Waals surface area contributed by atoms with Crippen molar-refractivity contribution in [2.75, 3.05) is 18.0 Å². The summed E-state index contributed by atoms with van der Waals surface area (Å²) in [5.74, 6) is 1.09. The van der Waals surface area contributed by atoms with Gasteiger partial charge in [0.15, 0.2) is 0 Å². The van der Waals surface area contributed by atoms with Crippen LogP contribution in [0.5, 0.6) is 0 Å². The van der Waals surface area contributed by atoms with Gasteiger partial charge in [-0.15, -0.1) is 0 Å². The Bertz CT molecular complexity index is 632. The molecule has 0 saturated carbocycles. The molecule has 1 fully saturated rings. The van der Waals surface area contributed by atoms with Crippen molar-refractivity contribution in [3.8, 4) is 0 Å². The highest BCUT2D eigenvalue weighted by atomic mass is 15.2. The Morgan fingerprint density at radius 1 is 1.14 bits per heavy atom. The summed E-state index contributed by atoms with van der Waals surface area (Å²) in [4.78, 5) is 7.00. The van der Waals surface area contributed by atoms with Crippen molar-refractivity contribution < 1.29 is 0 Å². The molecule has 1 aromatic heterocycles. The normalized spacial score (nSPS) is 21.3. The monoisotopic (exact) mass is 279 g/mol. The summed E-state index contributed by atoms with van der Waals surface area (Å²) in [7, 11) is 0. The Morgan fingerprint density at radius 2 is 2.10 bits per heavy atom. The Kier molecular flexibility index (Phi) is 3.36. The van der Waals surface area contributed by atoms with Gasteiger partial charge in [0, 0.05) is 24.5 Å². The predicted octanol–water partition coefficient (Wildman–Crippen LogP) is 3.59. The lowest BCUT2D eigenvalue weighted by molar-refractivity contribution is 0.646. The summed E-state index contributed by atoms with van der Waals surface area (Å²) in [6, 6.07) is 13.6. The predicted molar refractivity (Wildman–Crippen MR) is 86.0 cm³/mol. The minimum atomic E-state index is 0.506. The maximum absolute atomic E-state index is 4.63. The molecule has 0 unspecified atom stereocenters. The number of aromatic nitrogens is 1. The number of anilines is 2. The van der Waals surface area contributed by atoms with Gasteiger partial charge in [0.2, 0.25) is 0 Å². The van der Waals surface area contributed by atoms with Gasteiger partial charge in [-0.2, -0.15) is 0 Å². The highest BCUT2D eigenvalue weighted by molar-refractivity contribution is 5.65. The standard InChI is InChI=1S/C18H21N3/c1-2-8-17-14(5-1)6-4-12-21(17)18-13-15(9-11-20-18)16-7-3-10-19-16/h1-2,5,8-9,11,13,16,19H,3-4,6-7,10,12H2/t16-/m0/s1. The smallest absolute Gasteiger partial charge is 0.133 e. The maximum atomic E-state index is 4.63. The van der Waals surface area contributed by atoms with Gasteiger partial charge >= 0.3 is 0 Å². The van der Waals surface area contributed by atoms with Crippen LogP contribution in [0.1, 0.15) is 36.4 Å². The zero-order valence-electron chi connectivity index (χ0n) is 12.3. The van der Waals surface area contributed by atoms with Crippen molar-refractivity contribution in [3.63, 3.8) is 0 Å². The van der Waals surface area contributed by atoms with Crippen LogP contribution in [-0.2, 0) is 6.42 Å². The van der Waals surface area contributed by atoms with Crippen LogP contribution in [0.2, 0.25) is 0 Å². The average molecular weight is 279 g/mol. The first-order valence-corrected chi connectivity index (χ1v) is 7.96. The molecule has 1 atom stereocenters. The number of rotatable bonds is 2. The first kappa shape index (κ1) is 12.8. The van der Waals surface area contributed by atoms with E-state index in [0.29, 0.717) is 6.04 Å². The molecule has 1 saturated heterocycles. The van der Waals surface area contributed by atoms with Gasteiger partial charge in [-0.1, -0.05) is 18.2 Å². The summed E-state index contributed by atoms with van der Waals surface area (Å²) < 4.78 is 0. The second kappa shape index (κ2) is 5.49. The van der Waals surface area contributed by atoms with E-state index in [-0.39, 0.29) is 0 Å². The molecule has 3 heteroatoms. The number of hydrogen-bond donors (Lipinski definition) is 1. The minimum absolute atomic E-state index is 0.506. The average Bonchev–Trinajstić information content (AvgIpc) is 3.09. The number of benzene rings is 1. The van der Waals surface area contributed by atoms with Gasteiger partial charge in [-0.25, -0.2) is 4.98 Å². The Hall–Kier alpha value is -1.87. The number of aryl methyl sites for hydroxylation is 1. The van der Waals surface area contributed by atoms with E-state index in [4.69, 9.17) is 0 Å². The van der Waals surface area contributed by atoms with Crippen molar-refractivity contribution in [3.05, 3.63) is 53.7 Å². The highest BCUT2D eigenvalue weighted by Gasteiger charge is 2.21. The van der Waals surface area contributed by atoms with E-state index in [1.807, 2.05) is 6.20 Å². The maximum Gasteiger partial charge on any atom is 0.133 e. The Balaban J connectivity index is 1.69. The molecular formula is C18H21N3. The lowest BCUT2D eigenvalue weighted by Gasteiger charge is -2.30. The molecule has 2 aliphatic rings. The second-order valence-electron chi connectivity index (χ2n) is 5.98. The summed E-state index contributed by atoms with van der Waals surface area (Å²) in [6.45, 7) is 2.19. The Labute approximate surface area is 126 Å². The molecule has 21 heavy (non-hydrogen) atoms. The largest absolute Gasteiger partial charge is 0.326 e. The van der Waals surface area contributed by atoms with E-state index in [2.05, 4.69) is 51.6 Å². The molecular weight excluding hydrogens is 258 g/mol. The first-order chi connectivity index (χ1) is 10.4. The van der Waals surface area contributed by atoms with Crippen LogP contribution in [0.4, 0.5) is 11.5 Å². The van der Waals surface area contributed by atoms with Crippen molar-refractivity contribution in [1.82, 2.24) is 10.3 Å². The van der Waals surface area contributed by atoms with Gasteiger partial charge in [0.1, 0.15) is 5.82 Å². The molecule has 4 rings (SSSR count). The van der Waals surface area contributed by atoms with Crippen LogP contribution in [0.25, 0.3) is 0 Å². The molecule has 108 valence electrons. The summed E-state index contributed by atoms with van der Waals surface area (Å²) >= 11 is 0. The van der Waals surface area contributed by atoms with Gasteiger partial charge in [-0.3, -0.25) is 0 Å². The fourth-order valence-electron chi connectivity index (χ4n) is 3.54. The number of nitrogens with one attached hydrogen (secondary N) is 1. The zero-order valence-corrected chi connectivity index (χ0v) is 12.3. The molecule has 1 aromatic carbocycles. The molecule has 0 radical (unpaired) electrons. The molecule has 0 spiro atoms. The summed E-state index contributed by atoms with van der Waals surface area (Å²) in [5.41, 5.74) is 4.14. The van der Waals surface area contributed by atoms with Crippen LogP contribution < -0.4 is 10.2 Å². The van der Waals surface area contributed by atoms with E-state index in [0.717, 1.165) is 18.9 Å². The first-order valence-electron chi connectivity index (χ1n) is 7.96. The molecule has 2 aromatic rings. The number of pyridine rings is 1. The lowest BCUT2D eigenvalue weighted by Crippen LogP contribution is -2.25. The summed E-state index contributed by atoms with van der Waals surface area (Å²) in [5, 5.41) is 3.58. The third-order valence-electron chi connectivity index (χ3n) is 4.62. The minimum Gasteiger partial charge on any atom is -0.326 e. The van der Waals surface area contributed by atoms with E-state index < -0.39 is 0 Å². The SMILES string of the molecule is c1ccc2c(c1)CCCN2c1cc([C@@H]2CCCN2)ccn1. The molecule has 0 aliphatic carbocycles. The molecule has 3 heterocycles. The van der Waals surface area contributed by atoms with Crippen molar-refractivity contribution in [1.29, 1.82) is 0 Å². The molecule has 1 N–H and O–H groups in total. The number of fused-ring (bicyclic) bond motifs is 1. The molecule has 2 aliphatic heterocycles. The third-order valence-corrected chi connectivity index (χ3v) is 4.62. The topological polar surface area (TPSA) is 28.2 Å². The Morgan fingerprint density at radius 3 is 3.00 bits per heavy atom. The molecule has 3 nitrogen and oxygen atoms in total. The van der Waals surface area contributed by atoms with Gasteiger partial charge < -0.3 is 10.2 Å². The van der Waals surface area contributed by atoms with Crippen LogP contribution in [0.15, 0.2) is 42.6 Å². The van der Waals surface area contributed by atoms with E-state index >= 15 is 0 Å². The van der Waals surface area contributed by atoms with Crippen molar-refractivity contribution in [2.24, 2.45) is 0 Å². The van der Waals surface area contributed by atoms with E-state index in [1.54, 1.807) is 0 Å². The van der Waals surface area contributed by atoms with Crippen LogP contribution >= 0.6 is 0 Å². The molecule has 0 bridgehead atoms. The number of para-hydroxylation sites is 1. The van der Waals surface area contributed by atoms with Crippen molar-refractivity contribution >= 4 is 11.5 Å². The fourth-order valence-corrected chi connectivity index (χ4v) is 3.54. The number of nitrogens with zero attached hydrogens (tertiary/aromatic N) is 2. The van der Waals surface area contributed by atoms with Crippen LogP contribution in [-0.4, -0.2) is 18.1 Å². The quantitative estimate of drug-likeness (QED) is 0.910. The molecule has 0 amide bonds. The third kappa shape index (κ3) is 2.42. The van der Waals surface area contributed by atoms with E-state index in [1.165, 1.54) is 42.5 Å². The van der Waals surface area contributed by atoms with Gasteiger partial charge in [0.05, 0.1) is 0 Å². The lowest BCUT2D eigenvalue weighted by atomic mass is 10.0. The van der Waals surface area contributed by atoms with Gasteiger partial charge in [-0.05, 0) is 61.6 Å². The second-order valence-corrected chi connectivity index (χ2v) is 5.98. The number of hydrogen-bond acceptors (Lipinski definition) is 3.